The van der Waals surface area contributed by atoms with Crippen LogP contribution in [-0.2, 0) is 9.53 Å². The first kappa shape index (κ1) is 13.5. The number of hydrogen-bond acceptors (Lipinski definition) is 3. The van der Waals surface area contributed by atoms with E-state index in [1.165, 1.54) is 6.42 Å². The number of hydrogen-bond donors (Lipinski definition) is 1. The predicted octanol–water partition coefficient (Wildman–Crippen LogP) is 2.35. The lowest BCUT2D eigenvalue weighted by Gasteiger charge is -2.44. The lowest BCUT2D eigenvalue weighted by atomic mass is 9.68. The SMILES string of the molecule is CCNC1(C(=O)OCC)CCCC(C)C1C. The molecule has 94 valence electrons. The molecule has 1 fully saturated rings. The molecule has 3 heteroatoms. The quantitative estimate of drug-likeness (QED) is 0.749. The summed E-state index contributed by atoms with van der Waals surface area (Å²) < 4.78 is 5.25. The molecule has 0 heterocycles. The Morgan fingerprint density at radius 2 is 2.12 bits per heavy atom. The Morgan fingerprint density at radius 1 is 1.44 bits per heavy atom. The Hall–Kier alpha value is -0.570. The first-order valence-corrected chi connectivity index (χ1v) is 6.50. The first-order valence-electron chi connectivity index (χ1n) is 6.50. The van der Waals surface area contributed by atoms with Crippen molar-refractivity contribution in [2.24, 2.45) is 11.8 Å². The molecule has 1 rings (SSSR count). The highest BCUT2D eigenvalue weighted by Gasteiger charge is 2.47. The molecule has 0 saturated heterocycles. The molecule has 0 radical (unpaired) electrons. The molecule has 3 unspecified atom stereocenters. The smallest absolute Gasteiger partial charge is 0.326 e. The molecule has 0 aliphatic heterocycles. The molecule has 0 bridgehead atoms. The van der Waals surface area contributed by atoms with E-state index in [1.807, 2.05) is 13.8 Å². The van der Waals surface area contributed by atoms with Gasteiger partial charge in [-0.15, -0.1) is 0 Å². The van der Waals surface area contributed by atoms with Gasteiger partial charge in [0.1, 0.15) is 5.54 Å². The second-order valence-corrected chi connectivity index (χ2v) is 4.88. The fraction of sp³-hybridized carbons (Fsp3) is 0.923. The maximum Gasteiger partial charge on any atom is 0.326 e. The highest BCUT2D eigenvalue weighted by atomic mass is 16.5. The fourth-order valence-electron chi connectivity index (χ4n) is 2.85. The predicted molar refractivity (Wildman–Crippen MR) is 65.2 cm³/mol. The third-order valence-corrected chi connectivity index (χ3v) is 3.99. The highest BCUT2D eigenvalue weighted by molar-refractivity contribution is 5.81. The van der Waals surface area contributed by atoms with Crippen LogP contribution in [0.15, 0.2) is 0 Å². The van der Waals surface area contributed by atoms with Gasteiger partial charge >= 0.3 is 5.97 Å². The summed E-state index contributed by atoms with van der Waals surface area (Å²) in [7, 11) is 0. The maximum atomic E-state index is 12.2. The van der Waals surface area contributed by atoms with E-state index in [4.69, 9.17) is 4.74 Å². The number of rotatable bonds is 4. The average Bonchev–Trinajstić information content (AvgIpc) is 2.25. The van der Waals surface area contributed by atoms with E-state index in [0.29, 0.717) is 18.4 Å². The van der Waals surface area contributed by atoms with Gasteiger partial charge in [-0.25, -0.2) is 0 Å². The molecule has 1 N–H and O–H groups in total. The number of carbonyl (C=O) groups is 1. The molecule has 0 spiro atoms. The first-order chi connectivity index (χ1) is 7.58. The van der Waals surface area contributed by atoms with Crippen molar-refractivity contribution in [1.29, 1.82) is 0 Å². The summed E-state index contributed by atoms with van der Waals surface area (Å²) in [5, 5.41) is 3.39. The lowest BCUT2D eigenvalue weighted by Crippen LogP contribution is -2.60. The monoisotopic (exact) mass is 227 g/mol. The van der Waals surface area contributed by atoms with Crippen molar-refractivity contribution in [2.75, 3.05) is 13.2 Å². The summed E-state index contributed by atoms with van der Waals surface area (Å²) in [6.07, 6.45) is 3.23. The van der Waals surface area contributed by atoms with Gasteiger partial charge in [0.25, 0.3) is 0 Å². The van der Waals surface area contributed by atoms with Crippen LogP contribution < -0.4 is 5.32 Å². The Balaban J connectivity index is 2.89. The van der Waals surface area contributed by atoms with E-state index >= 15 is 0 Å². The van der Waals surface area contributed by atoms with Crippen molar-refractivity contribution in [3.05, 3.63) is 0 Å². The molecule has 3 nitrogen and oxygen atoms in total. The van der Waals surface area contributed by atoms with Gasteiger partial charge in [-0.3, -0.25) is 4.79 Å². The number of carbonyl (C=O) groups excluding carboxylic acids is 1. The normalized spacial score (nSPS) is 34.8. The van der Waals surface area contributed by atoms with Crippen molar-refractivity contribution < 1.29 is 9.53 Å². The van der Waals surface area contributed by atoms with Gasteiger partial charge in [0, 0.05) is 0 Å². The minimum absolute atomic E-state index is 0.0594. The number of esters is 1. The molecular weight excluding hydrogens is 202 g/mol. The van der Waals surface area contributed by atoms with Crippen molar-refractivity contribution in [2.45, 2.75) is 52.5 Å². The zero-order valence-corrected chi connectivity index (χ0v) is 11.0. The van der Waals surface area contributed by atoms with Crippen LogP contribution in [0.25, 0.3) is 0 Å². The lowest BCUT2D eigenvalue weighted by molar-refractivity contribution is -0.156. The van der Waals surface area contributed by atoms with Crippen LogP contribution in [0.3, 0.4) is 0 Å². The number of ether oxygens (including phenoxy) is 1. The Morgan fingerprint density at radius 3 is 2.69 bits per heavy atom. The van der Waals surface area contributed by atoms with Gasteiger partial charge in [-0.1, -0.05) is 33.6 Å². The minimum atomic E-state index is -0.442. The topological polar surface area (TPSA) is 38.3 Å². The van der Waals surface area contributed by atoms with E-state index in [2.05, 4.69) is 19.2 Å². The standard InChI is InChI=1S/C13H25NO2/c1-5-14-13(12(15)16-6-2)9-7-8-10(3)11(13)4/h10-11,14H,5-9H2,1-4H3. The Bertz CT molecular complexity index is 238. The third kappa shape index (κ3) is 2.40. The second kappa shape index (κ2) is 5.67. The van der Waals surface area contributed by atoms with Gasteiger partial charge < -0.3 is 10.1 Å². The molecule has 0 amide bonds. The van der Waals surface area contributed by atoms with Gasteiger partial charge in [-0.05, 0) is 31.7 Å². The molecule has 16 heavy (non-hydrogen) atoms. The van der Waals surface area contributed by atoms with Gasteiger partial charge in [0.2, 0.25) is 0 Å². The van der Waals surface area contributed by atoms with Crippen LogP contribution >= 0.6 is 0 Å². The summed E-state index contributed by atoms with van der Waals surface area (Å²) in [5.74, 6) is 0.869. The Labute approximate surface area is 98.9 Å². The molecular formula is C13H25NO2. The molecule has 0 aromatic carbocycles. The summed E-state index contributed by atoms with van der Waals surface area (Å²) in [4.78, 5) is 12.2. The number of nitrogens with one attached hydrogen (secondary N) is 1. The van der Waals surface area contributed by atoms with Gasteiger partial charge in [0.15, 0.2) is 0 Å². The van der Waals surface area contributed by atoms with E-state index < -0.39 is 5.54 Å². The van der Waals surface area contributed by atoms with Crippen molar-refractivity contribution >= 4 is 5.97 Å². The van der Waals surface area contributed by atoms with Crippen molar-refractivity contribution in [3.8, 4) is 0 Å². The molecule has 0 aromatic heterocycles. The maximum absolute atomic E-state index is 12.2. The van der Waals surface area contributed by atoms with Crippen LogP contribution in [0.4, 0.5) is 0 Å². The summed E-state index contributed by atoms with van der Waals surface area (Å²) >= 11 is 0. The van der Waals surface area contributed by atoms with Crippen LogP contribution in [0.5, 0.6) is 0 Å². The molecule has 1 aliphatic carbocycles. The van der Waals surface area contributed by atoms with Crippen molar-refractivity contribution in [3.63, 3.8) is 0 Å². The fourth-order valence-corrected chi connectivity index (χ4v) is 2.85. The average molecular weight is 227 g/mol. The summed E-state index contributed by atoms with van der Waals surface area (Å²) in [6, 6.07) is 0. The van der Waals surface area contributed by atoms with E-state index in [1.54, 1.807) is 0 Å². The van der Waals surface area contributed by atoms with Gasteiger partial charge in [0.05, 0.1) is 6.61 Å². The zero-order valence-electron chi connectivity index (χ0n) is 11.0. The summed E-state index contributed by atoms with van der Waals surface area (Å²) in [6.45, 7) is 9.60. The van der Waals surface area contributed by atoms with Crippen molar-refractivity contribution in [1.82, 2.24) is 5.32 Å². The van der Waals surface area contributed by atoms with Crippen LogP contribution in [0, 0.1) is 11.8 Å². The number of likely N-dealkylation sites (N-methyl/N-ethyl adjacent to an activating group) is 1. The Kier molecular flexibility index (Phi) is 4.78. The van der Waals surface area contributed by atoms with E-state index in [9.17, 15) is 4.79 Å². The third-order valence-electron chi connectivity index (χ3n) is 3.99. The zero-order chi connectivity index (χ0) is 12.2. The molecule has 3 atom stereocenters. The molecule has 1 aliphatic rings. The van der Waals surface area contributed by atoms with E-state index in [0.717, 1.165) is 19.4 Å². The van der Waals surface area contributed by atoms with Crippen LogP contribution in [0.1, 0.15) is 47.0 Å². The van der Waals surface area contributed by atoms with Crippen LogP contribution in [0.2, 0.25) is 0 Å². The second-order valence-electron chi connectivity index (χ2n) is 4.88. The molecule has 1 saturated carbocycles. The molecule has 0 aromatic rings. The summed E-state index contributed by atoms with van der Waals surface area (Å²) in [5.41, 5.74) is -0.442. The minimum Gasteiger partial charge on any atom is -0.465 e. The van der Waals surface area contributed by atoms with Gasteiger partial charge in [-0.2, -0.15) is 0 Å². The highest BCUT2D eigenvalue weighted by Crippen LogP contribution is 2.38. The van der Waals surface area contributed by atoms with E-state index in [-0.39, 0.29) is 5.97 Å². The van der Waals surface area contributed by atoms with Crippen LogP contribution in [-0.4, -0.2) is 24.7 Å². The largest absolute Gasteiger partial charge is 0.465 e.